The van der Waals surface area contributed by atoms with Gasteiger partial charge in [0.2, 0.25) is 5.91 Å². The minimum Gasteiger partial charge on any atom is -0.449 e. The van der Waals surface area contributed by atoms with Crippen LogP contribution in [0.25, 0.3) is 0 Å². The van der Waals surface area contributed by atoms with Crippen molar-refractivity contribution < 1.29 is 24.2 Å². The van der Waals surface area contributed by atoms with E-state index in [0.29, 0.717) is 18.9 Å². The number of carbonyl (C=O) groups excluding carboxylic acids is 3. The summed E-state index contributed by atoms with van der Waals surface area (Å²) < 4.78 is 5.44. The Morgan fingerprint density at radius 2 is 1.69 bits per heavy atom. The maximum Gasteiger partial charge on any atom is 0.407 e. The smallest absolute Gasteiger partial charge is 0.407 e. The molecule has 3 N–H and O–H groups in total. The number of alkyl carbamates (subject to hydrolysis) is 1. The molecule has 2 amide bonds. The first-order valence-electron chi connectivity index (χ1n) is 13.2. The second-order valence-corrected chi connectivity index (χ2v) is 11.0. The van der Waals surface area contributed by atoms with E-state index in [9.17, 15) is 19.5 Å². The van der Waals surface area contributed by atoms with Crippen LogP contribution in [0.2, 0.25) is 0 Å². The van der Waals surface area contributed by atoms with Gasteiger partial charge in [-0.1, -0.05) is 77.3 Å². The molecular formula is C28H42N2O5. The molecule has 0 spiro atoms. The second-order valence-electron chi connectivity index (χ2n) is 11.0. The van der Waals surface area contributed by atoms with Crippen molar-refractivity contribution in [3.05, 3.63) is 35.9 Å². The molecule has 2 fully saturated rings. The van der Waals surface area contributed by atoms with Gasteiger partial charge in [-0.25, -0.2) is 4.79 Å². The maximum absolute atomic E-state index is 13.2. The Labute approximate surface area is 209 Å². The predicted molar refractivity (Wildman–Crippen MR) is 135 cm³/mol. The first-order chi connectivity index (χ1) is 16.7. The van der Waals surface area contributed by atoms with Gasteiger partial charge in [-0.05, 0) is 42.6 Å². The number of aliphatic hydroxyl groups is 1. The van der Waals surface area contributed by atoms with Crippen LogP contribution in [0.1, 0.15) is 77.7 Å². The molecule has 0 saturated heterocycles. The van der Waals surface area contributed by atoms with Crippen molar-refractivity contribution in [2.45, 2.75) is 90.3 Å². The molecule has 0 bridgehead atoms. The number of benzene rings is 1. The van der Waals surface area contributed by atoms with Crippen LogP contribution in [0.15, 0.2) is 30.3 Å². The lowest BCUT2D eigenvalue weighted by Gasteiger charge is -2.30. The van der Waals surface area contributed by atoms with Crippen molar-refractivity contribution in [1.82, 2.24) is 10.6 Å². The van der Waals surface area contributed by atoms with Crippen molar-refractivity contribution in [1.29, 1.82) is 0 Å². The van der Waals surface area contributed by atoms with E-state index in [1.165, 1.54) is 19.3 Å². The average Bonchev–Trinajstić information content (AvgIpc) is 3.51. The molecule has 0 heterocycles. The van der Waals surface area contributed by atoms with E-state index < -0.39 is 30.2 Å². The third-order valence-electron chi connectivity index (χ3n) is 7.30. The lowest BCUT2D eigenvalue weighted by Crippen LogP contribution is -2.55. The largest absolute Gasteiger partial charge is 0.449 e. The quantitative estimate of drug-likeness (QED) is 0.435. The normalized spacial score (nSPS) is 23.0. The van der Waals surface area contributed by atoms with E-state index in [1.807, 2.05) is 58.0 Å². The Morgan fingerprint density at radius 3 is 2.29 bits per heavy atom. The summed E-state index contributed by atoms with van der Waals surface area (Å²) in [5.74, 6) is -0.801. The first-order valence-corrected chi connectivity index (χ1v) is 13.2. The summed E-state index contributed by atoms with van der Waals surface area (Å²) in [6, 6.07) is 8.03. The lowest BCUT2D eigenvalue weighted by molar-refractivity contribution is -0.126. The Hall–Kier alpha value is -2.41. The molecular weight excluding hydrogens is 444 g/mol. The van der Waals surface area contributed by atoms with E-state index in [2.05, 4.69) is 10.6 Å². The van der Waals surface area contributed by atoms with Crippen LogP contribution >= 0.6 is 0 Å². The van der Waals surface area contributed by atoms with Gasteiger partial charge < -0.3 is 20.5 Å². The molecule has 35 heavy (non-hydrogen) atoms. The molecule has 1 aromatic carbocycles. The van der Waals surface area contributed by atoms with Crippen molar-refractivity contribution in [3.63, 3.8) is 0 Å². The third kappa shape index (κ3) is 7.53. The molecule has 194 valence electrons. The number of aliphatic hydroxyl groups excluding tert-OH is 1. The fourth-order valence-corrected chi connectivity index (χ4v) is 5.23. The summed E-state index contributed by atoms with van der Waals surface area (Å²) in [6.45, 7) is 8.15. The highest BCUT2D eigenvalue weighted by atomic mass is 16.5. The van der Waals surface area contributed by atoms with Crippen molar-refractivity contribution in [3.8, 4) is 0 Å². The molecule has 2 saturated carbocycles. The molecule has 5 atom stereocenters. The van der Waals surface area contributed by atoms with Crippen LogP contribution in [0.5, 0.6) is 0 Å². The number of hydrogen-bond donors (Lipinski definition) is 3. The summed E-state index contributed by atoms with van der Waals surface area (Å²) in [5.41, 5.74) is 0.885. The molecule has 2 unspecified atom stereocenters. The summed E-state index contributed by atoms with van der Waals surface area (Å²) in [6.07, 6.45) is 4.57. The van der Waals surface area contributed by atoms with Crippen molar-refractivity contribution in [2.75, 3.05) is 6.61 Å². The van der Waals surface area contributed by atoms with E-state index in [0.717, 1.165) is 18.4 Å². The number of rotatable bonds is 11. The third-order valence-corrected chi connectivity index (χ3v) is 7.30. The average molecular weight is 487 g/mol. The fourth-order valence-electron chi connectivity index (χ4n) is 5.23. The lowest BCUT2D eigenvalue weighted by atomic mass is 9.90. The number of hydrogen-bond acceptors (Lipinski definition) is 5. The standard InChI is InChI=1S/C28H42N2O5/c1-17(2)15-21(29-28(34)35-16-19-11-7-5-8-12-19)27(33)30-24(18(3)4)26(32)23-22(25(23)31)20-13-9-6-10-14-20/h6,9-10,13-14,17-19,21-24,26,32H,5,7-8,11-12,15-16H2,1-4H3,(H,29,34)(H,30,33)/t21-,22?,23?,24-,26+/m0/s1. The van der Waals surface area contributed by atoms with Crippen molar-refractivity contribution >= 4 is 17.8 Å². The number of Topliss-reactive ketones (excluding diaryl/α,β-unsaturated/α-hetero) is 1. The zero-order chi connectivity index (χ0) is 25.5. The number of carbonyl (C=O) groups is 3. The SMILES string of the molecule is CC(C)C[C@H](NC(=O)OCC1CCCCC1)C(=O)N[C@@H](C(C)C)[C@H](O)C1C(=O)C1c1ccccc1. The van der Waals surface area contributed by atoms with Crippen molar-refractivity contribution in [2.24, 2.45) is 23.7 Å². The van der Waals surface area contributed by atoms with Gasteiger partial charge in [0.1, 0.15) is 11.8 Å². The Morgan fingerprint density at radius 1 is 1.03 bits per heavy atom. The number of ketones is 1. The Bertz CT molecular complexity index is 850. The second kappa shape index (κ2) is 12.5. The minimum absolute atomic E-state index is 0.00764. The van der Waals surface area contributed by atoms with Crippen LogP contribution in [-0.4, -0.2) is 47.7 Å². The van der Waals surface area contributed by atoms with E-state index in [-0.39, 0.29) is 29.4 Å². The van der Waals surface area contributed by atoms with Crippen LogP contribution < -0.4 is 10.6 Å². The molecule has 0 aromatic heterocycles. The molecule has 2 aliphatic rings. The summed E-state index contributed by atoms with van der Waals surface area (Å²) >= 11 is 0. The highest BCUT2D eigenvalue weighted by molar-refractivity contribution is 6.05. The molecule has 7 nitrogen and oxygen atoms in total. The van der Waals surface area contributed by atoms with E-state index in [4.69, 9.17) is 4.74 Å². The zero-order valence-corrected chi connectivity index (χ0v) is 21.5. The maximum atomic E-state index is 13.2. The first kappa shape index (κ1) is 27.2. The molecule has 2 aliphatic carbocycles. The Balaban J connectivity index is 1.60. The van der Waals surface area contributed by atoms with Gasteiger partial charge in [0, 0.05) is 0 Å². The monoisotopic (exact) mass is 486 g/mol. The minimum atomic E-state index is -1.00. The van der Waals surface area contributed by atoms with E-state index >= 15 is 0 Å². The number of nitrogens with one attached hydrogen (secondary N) is 2. The van der Waals surface area contributed by atoms with E-state index in [1.54, 1.807) is 0 Å². The molecule has 3 rings (SSSR count). The fraction of sp³-hybridized carbons (Fsp3) is 0.679. The molecule has 7 heteroatoms. The summed E-state index contributed by atoms with van der Waals surface area (Å²) in [5, 5.41) is 16.8. The van der Waals surface area contributed by atoms with Gasteiger partial charge in [-0.2, -0.15) is 0 Å². The number of ether oxygens (including phenoxy) is 1. The van der Waals surface area contributed by atoms with Gasteiger partial charge in [-0.3, -0.25) is 9.59 Å². The van der Waals surface area contributed by atoms with Gasteiger partial charge >= 0.3 is 6.09 Å². The highest BCUT2D eigenvalue weighted by Crippen LogP contribution is 2.46. The summed E-state index contributed by atoms with van der Waals surface area (Å²) in [4.78, 5) is 38.3. The van der Waals surface area contributed by atoms with Crippen LogP contribution in [0.4, 0.5) is 4.79 Å². The van der Waals surface area contributed by atoms with Crippen LogP contribution in [0, 0.1) is 23.7 Å². The van der Waals surface area contributed by atoms with Gasteiger partial charge in [0.05, 0.1) is 30.6 Å². The molecule has 0 radical (unpaired) electrons. The Kier molecular flexibility index (Phi) is 9.72. The van der Waals surface area contributed by atoms with Crippen LogP contribution in [0.3, 0.4) is 0 Å². The molecule has 0 aliphatic heterocycles. The van der Waals surface area contributed by atoms with Crippen LogP contribution in [-0.2, 0) is 14.3 Å². The highest BCUT2D eigenvalue weighted by Gasteiger charge is 2.56. The van der Waals surface area contributed by atoms with Gasteiger partial charge in [-0.15, -0.1) is 0 Å². The summed E-state index contributed by atoms with van der Waals surface area (Å²) in [7, 11) is 0. The predicted octanol–water partition coefficient (Wildman–Crippen LogP) is 4.19. The zero-order valence-electron chi connectivity index (χ0n) is 21.5. The van der Waals surface area contributed by atoms with Gasteiger partial charge in [0.25, 0.3) is 0 Å². The number of amides is 2. The molecule has 1 aromatic rings. The topological polar surface area (TPSA) is 105 Å². The van der Waals surface area contributed by atoms with Gasteiger partial charge in [0.15, 0.2) is 0 Å².